The van der Waals surface area contributed by atoms with Gasteiger partial charge in [-0.05, 0) is 19.4 Å². The molecule has 1 fully saturated rings. The molecule has 1 aliphatic rings. The van der Waals surface area contributed by atoms with E-state index in [1.165, 1.54) is 0 Å². The molecular weight excluding hydrogens is 230 g/mol. The van der Waals surface area contributed by atoms with E-state index >= 15 is 0 Å². The first kappa shape index (κ1) is 13.5. The van der Waals surface area contributed by atoms with Crippen LogP contribution in [0.2, 0.25) is 0 Å². The summed E-state index contributed by atoms with van der Waals surface area (Å²) in [5.41, 5.74) is 2.28. The average Bonchev–Trinajstić information content (AvgIpc) is 2.82. The van der Waals surface area contributed by atoms with Gasteiger partial charge < -0.3 is 14.8 Å². The van der Waals surface area contributed by atoms with Gasteiger partial charge in [-0.3, -0.25) is 4.68 Å². The second-order valence-electron chi connectivity index (χ2n) is 4.51. The zero-order valence-corrected chi connectivity index (χ0v) is 11.3. The first-order valence-electron chi connectivity index (χ1n) is 6.79. The first-order chi connectivity index (χ1) is 8.83. The lowest BCUT2D eigenvalue weighted by Crippen LogP contribution is -2.41. The highest BCUT2D eigenvalue weighted by Crippen LogP contribution is 2.08. The summed E-state index contributed by atoms with van der Waals surface area (Å²) >= 11 is 0. The smallest absolute Gasteiger partial charge is 0.0933 e. The van der Waals surface area contributed by atoms with E-state index in [0.717, 1.165) is 44.0 Å². The average molecular weight is 253 g/mol. The van der Waals surface area contributed by atoms with Crippen LogP contribution in [0.3, 0.4) is 0 Å². The van der Waals surface area contributed by atoms with Gasteiger partial charge in [0.1, 0.15) is 0 Å². The molecule has 1 aromatic rings. The van der Waals surface area contributed by atoms with E-state index in [1.54, 1.807) is 0 Å². The number of rotatable bonds is 6. The maximum atomic E-state index is 5.73. The lowest BCUT2D eigenvalue weighted by Gasteiger charge is -2.23. The molecule has 102 valence electrons. The third kappa shape index (κ3) is 3.54. The van der Waals surface area contributed by atoms with E-state index < -0.39 is 0 Å². The quantitative estimate of drug-likeness (QED) is 0.820. The van der Waals surface area contributed by atoms with Gasteiger partial charge >= 0.3 is 0 Å². The number of hydrogen-bond donors (Lipinski definition) is 1. The Morgan fingerprint density at radius 3 is 3.11 bits per heavy atom. The second kappa shape index (κ2) is 6.87. The van der Waals surface area contributed by atoms with Crippen molar-refractivity contribution in [1.82, 2.24) is 15.1 Å². The molecule has 0 aliphatic carbocycles. The molecule has 18 heavy (non-hydrogen) atoms. The third-order valence-corrected chi connectivity index (χ3v) is 3.13. The highest BCUT2D eigenvalue weighted by molar-refractivity contribution is 5.09. The molecule has 2 heterocycles. The summed E-state index contributed by atoms with van der Waals surface area (Å²) in [6, 6.07) is 2.13. The van der Waals surface area contributed by atoms with E-state index in [1.807, 2.05) is 4.68 Å². The van der Waals surface area contributed by atoms with Gasteiger partial charge in [-0.1, -0.05) is 6.92 Å². The minimum Gasteiger partial charge on any atom is -0.373 e. The van der Waals surface area contributed by atoms with E-state index in [0.29, 0.717) is 13.2 Å². The molecule has 5 nitrogen and oxygen atoms in total. The summed E-state index contributed by atoms with van der Waals surface area (Å²) < 4.78 is 13.3. The Morgan fingerprint density at radius 2 is 2.44 bits per heavy atom. The summed E-state index contributed by atoms with van der Waals surface area (Å²) in [6.45, 7) is 8.97. The lowest BCUT2D eigenvalue weighted by atomic mass is 10.3. The normalized spacial score (nSPS) is 20.2. The Bertz CT molecular complexity index is 359. The highest BCUT2D eigenvalue weighted by atomic mass is 16.5. The van der Waals surface area contributed by atoms with Crippen LogP contribution in [-0.4, -0.2) is 42.2 Å². The summed E-state index contributed by atoms with van der Waals surface area (Å²) in [6.07, 6.45) is 1.15. The van der Waals surface area contributed by atoms with Gasteiger partial charge in [-0.15, -0.1) is 0 Å². The predicted octanol–water partition coefficient (Wildman–Crippen LogP) is 0.970. The molecule has 1 unspecified atom stereocenters. The molecule has 0 spiro atoms. The van der Waals surface area contributed by atoms with Crippen molar-refractivity contribution in [1.29, 1.82) is 0 Å². The predicted molar refractivity (Wildman–Crippen MR) is 69.5 cm³/mol. The van der Waals surface area contributed by atoms with Crippen molar-refractivity contribution in [3.05, 3.63) is 17.5 Å². The van der Waals surface area contributed by atoms with Crippen molar-refractivity contribution in [2.75, 3.05) is 26.3 Å². The highest BCUT2D eigenvalue weighted by Gasteiger charge is 2.14. The summed E-state index contributed by atoms with van der Waals surface area (Å²) in [5, 5.41) is 7.80. The Balaban J connectivity index is 1.79. The largest absolute Gasteiger partial charge is 0.373 e. The maximum Gasteiger partial charge on any atom is 0.0933 e. The molecule has 0 bridgehead atoms. The van der Waals surface area contributed by atoms with Crippen molar-refractivity contribution in [3.63, 3.8) is 0 Å². The molecule has 1 aromatic heterocycles. The minimum absolute atomic E-state index is 0.183. The van der Waals surface area contributed by atoms with Gasteiger partial charge in [0.2, 0.25) is 0 Å². The molecule has 2 rings (SSSR count). The summed E-state index contributed by atoms with van der Waals surface area (Å²) in [4.78, 5) is 0. The zero-order valence-electron chi connectivity index (χ0n) is 11.3. The van der Waals surface area contributed by atoms with Crippen molar-refractivity contribution in [3.8, 4) is 0 Å². The number of aromatic nitrogens is 2. The Morgan fingerprint density at radius 1 is 1.56 bits per heavy atom. The van der Waals surface area contributed by atoms with Crippen LogP contribution < -0.4 is 5.32 Å². The molecule has 0 amide bonds. The van der Waals surface area contributed by atoms with Gasteiger partial charge in [0, 0.05) is 19.6 Å². The lowest BCUT2D eigenvalue weighted by molar-refractivity contribution is -0.0368. The minimum atomic E-state index is 0.183. The topological polar surface area (TPSA) is 48.3 Å². The third-order valence-electron chi connectivity index (χ3n) is 3.13. The molecule has 5 heteroatoms. The molecule has 1 saturated heterocycles. The van der Waals surface area contributed by atoms with Gasteiger partial charge in [-0.25, -0.2) is 0 Å². The van der Waals surface area contributed by atoms with Gasteiger partial charge in [0.05, 0.1) is 37.3 Å². The van der Waals surface area contributed by atoms with Crippen LogP contribution in [0.25, 0.3) is 0 Å². The fourth-order valence-electron chi connectivity index (χ4n) is 2.10. The molecule has 0 aromatic carbocycles. The number of hydrogen-bond acceptors (Lipinski definition) is 4. The number of morpholine rings is 1. The molecule has 1 N–H and O–H groups in total. The van der Waals surface area contributed by atoms with Crippen LogP contribution in [0.5, 0.6) is 0 Å². The molecule has 0 saturated carbocycles. The van der Waals surface area contributed by atoms with Crippen molar-refractivity contribution < 1.29 is 9.47 Å². The van der Waals surface area contributed by atoms with Crippen molar-refractivity contribution in [2.24, 2.45) is 0 Å². The van der Waals surface area contributed by atoms with Crippen LogP contribution in [0.1, 0.15) is 25.2 Å². The van der Waals surface area contributed by atoms with E-state index in [9.17, 15) is 0 Å². The molecule has 1 atom stereocenters. The van der Waals surface area contributed by atoms with Crippen LogP contribution in [-0.2, 0) is 29.0 Å². The fraction of sp³-hybridized carbons (Fsp3) is 0.769. The number of ether oxygens (including phenoxy) is 2. The second-order valence-corrected chi connectivity index (χ2v) is 4.51. The van der Waals surface area contributed by atoms with Crippen LogP contribution in [0.15, 0.2) is 6.07 Å². The van der Waals surface area contributed by atoms with Gasteiger partial charge in [-0.2, -0.15) is 5.10 Å². The number of aryl methyl sites for hydroxylation is 2. The van der Waals surface area contributed by atoms with Crippen LogP contribution >= 0.6 is 0 Å². The van der Waals surface area contributed by atoms with Crippen LogP contribution in [0, 0.1) is 0 Å². The Kier molecular flexibility index (Phi) is 5.16. The summed E-state index contributed by atoms with van der Waals surface area (Å²) in [7, 11) is 0. The van der Waals surface area contributed by atoms with E-state index in [2.05, 4.69) is 30.3 Å². The summed E-state index contributed by atoms with van der Waals surface area (Å²) in [5.74, 6) is 0. The van der Waals surface area contributed by atoms with Crippen molar-refractivity contribution >= 4 is 0 Å². The van der Waals surface area contributed by atoms with E-state index in [-0.39, 0.29) is 6.10 Å². The Labute approximate surface area is 108 Å². The Hall–Kier alpha value is -0.910. The fourth-order valence-corrected chi connectivity index (χ4v) is 2.10. The standard InChI is InChI=1S/C13H23N3O2/c1-3-11-7-12(16(4-2)15-11)9-17-10-13-8-14-5-6-18-13/h7,13-14H,3-6,8-10H2,1-2H3. The molecule has 1 aliphatic heterocycles. The van der Waals surface area contributed by atoms with Crippen LogP contribution in [0.4, 0.5) is 0 Å². The zero-order chi connectivity index (χ0) is 12.8. The molecule has 0 radical (unpaired) electrons. The molecular formula is C13H23N3O2. The monoisotopic (exact) mass is 253 g/mol. The number of nitrogens with zero attached hydrogens (tertiary/aromatic N) is 2. The number of nitrogens with one attached hydrogen (secondary N) is 1. The van der Waals surface area contributed by atoms with Gasteiger partial charge in [0.15, 0.2) is 0 Å². The van der Waals surface area contributed by atoms with Gasteiger partial charge in [0.25, 0.3) is 0 Å². The van der Waals surface area contributed by atoms with Crippen molar-refractivity contribution in [2.45, 2.75) is 39.5 Å². The maximum absolute atomic E-state index is 5.73. The SMILES string of the molecule is CCc1cc(COCC2CNCCO2)n(CC)n1. The van der Waals surface area contributed by atoms with E-state index in [4.69, 9.17) is 9.47 Å². The first-order valence-corrected chi connectivity index (χ1v) is 6.79.